The molecule has 0 amide bonds. The Morgan fingerprint density at radius 2 is 1.82 bits per heavy atom. The lowest BCUT2D eigenvalue weighted by Crippen LogP contribution is -2.16. The van der Waals surface area contributed by atoms with E-state index in [4.69, 9.17) is 0 Å². The molecule has 0 atom stereocenters. The molecule has 0 aromatic carbocycles. The Morgan fingerprint density at radius 3 is 2.09 bits per heavy atom. The van der Waals surface area contributed by atoms with E-state index < -0.39 is 16.2 Å². The van der Waals surface area contributed by atoms with Crippen LogP contribution < -0.4 is 4.72 Å². The highest BCUT2D eigenvalue weighted by Crippen LogP contribution is 2.16. The van der Waals surface area contributed by atoms with Crippen molar-refractivity contribution < 1.29 is 21.6 Å². The maximum Gasteiger partial charge on any atom is 0.410 e. The van der Waals surface area contributed by atoms with Crippen LogP contribution in [0.2, 0.25) is 0 Å². The van der Waals surface area contributed by atoms with Gasteiger partial charge in [0.2, 0.25) is 10.0 Å². The molecule has 66 valence electrons. The van der Waals surface area contributed by atoms with Gasteiger partial charge in [0, 0.05) is 6.08 Å². The number of rotatable bonds is 2. The summed E-state index contributed by atoms with van der Waals surface area (Å²) in [6.45, 7) is 0. The second-order valence-corrected chi connectivity index (χ2v) is 3.36. The average Bonchev–Trinajstić information content (AvgIpc) is 1.83. The molecule has 0 saturated heterocycles. The van der Waals surface area contributed by atoms with Crippen LogP contribution in [-0.4, -0.2) is 21.6 Å². The molecule has 7 heteroatoms. The van der Waals surface area contributed by atoms with Gasteiger partial charge in [-0.15, -0.1) is 0 Å². The van der Waals surface area contributed by atoms with Crippen LogP contribution in [0.5, 0.6) is 0 Å². The molecule has 0 unspecified atom stereocenters. The lowest BCUT2D eigenvalue weighted by Gasteiger charge is -1.97. The van der Waals surface area contributed by atoms with Gasteiger partial charge in [-0.2, -0.15) is 13.2 Å². The third-order valence-electron chi connectivity index (χ3n) is 0.721. The highest BCUT2D eigenvalue weighted by molar-refractivity contribution is 7.92. The molecule has 0 aromatic heterocycles. The van der Waals surface area contributed by atoms with E-state index in [1.165, 1.54) is 0 Å². The first-order valence-corrected chi connectivity index (χ1v) is 4.01. The van der Waals surface area contributed by atoms with Gasteiger partial charge in [-0.25, -0.2) is 13.1 Å². The molecule has 0 radical (unpaired) electrons. The molecule has 0 spiro atoms. The van der Waals surface area contributed by atoms with E-state index in [1.807, 2.05) is 0 Å². The van der Waals surface area contributed by atoms with E-state index in [2.05, 4.69) is 0 Å². The van der Waals surface area contributed by atoms with Crippen LogP contribution in [-0.2, 0) is 10.0 Å². The summed E-state index contributed by atoms with van der Waals surface area (Å²) in [7, 11) is -2.88. The second kappa shape index (κ2) is 3.22. The Hall–Kier alpha value is -0.560. The molecule has 0 aliphatic rings. The molecule has 0 bridgehead atoms. The highest BCUT2D eigenvalue weighted by atomic mass is 32.2. The first kappa shape index (κ1) is 10.4. The molecule has 0 aliphatic carbocycles. The van der Waals surface area contributed by atoms with E-state index in [1.54, 1.807) is 4.72 Å². The largest absolute Gasteiger partial charge is 0.410 e. The van der Waals surface area contributed by atoms with E-state index in [-0.39, 0.29) is 11.5 Å². The van der Waals surface area contributed by atoms with Gasteiger partial charge in [0.15, 0.2) is 0 Å². The van der Waals surface area contributed by atoms with Crippen molar-refractivity contribution in [1.29, 1.82) is 0 Å². The Bertz CT molecular complexity index is 241. The van der Waals surface area contributed by atoms with E-state index in [9.17, 15) is 21.6 Å². The topological polar surface area (TPSA) is 46.2 Å². The molecule has 11 heavy (non-hydrogen) atoms. The number of halogens is 3. The van der Waals surface area contributed by atoms with Crippen molar-refractivity contribution >= 4 is 10.0 Å². The Balaban J connectivity index is 4.39. The quantitative estimate of drug-likeness (QED) is 0.691. The van der Waals surface area contributed by atoms with Gasteiger partial charge in [0.25, 0.3) is 0 Å². The molecule has 0 aromatic rings. The van der Waals surface area contributed by atoms with Gasteiger partial charge in [-0.05, 0) is 7.05 Å². The summed E-state index contributed by atoms with van der Waals surface area (Å²) >= 11 is 0. The minimum absolute atomic E-state index is 0.0625. The summed E-state index contributed by atoms with van der Waals surface area (Å²) in [5.74, 6) is 0. The number of hydrogen-bond acceptors (Lipinski definition) is 2. The predicted molar refractivity (Wildman–Crippen MR) is 33.2 cm³/mol. The fraction of sp³-hybridized carbons (Fsp3) is 0.500. The Labute approximate surface area is 62.0 Å². The van der Waals surface area contributed by atoms with Crippen molar-refractivity contribution in [2.24, 2.45) is 0 Å². The van der Waals surface area contributed by atoms with E-state index >= 15 is 0 Å². The molecule has 0 aliphatic heterocycles. The lowest BCUT2D eigenvalue weighted by molar-refractivity contribution is -0.0797. The summed E-state index contributed by atoms with van der Waals surface area (Å²) in [6.07, 6.45) is -4.94. The number of sulfonamides is 1. The van der Waals surface area contributed by atoms with Crippen LogP contribution in [0.1, 0.15) is 0 Å². The standard InChI is InChI=1S/C4H6F3NO2S/c1-8-11(9,10)3-2-4(5,6)7/h2-3,8H,1H3/b3-2+. The summed E-state index contributed by atoms with van der Waals surface area (Å²) < 4.78 is 56.4. The average molecular weight is 189 g/mol. The predicted octanol–water partition coefficient (Wildman–Crippen LogP) is 0.612. The molecule has 0 saturated carbocycles. The summed E-state index contributed by atoms with van der Waals surface area (Å²) in [4.78, 5) is 0. The molecular formula is C4H6F3NO2S. The summed E-state index contributed by atoms with van der Waals surface area (Å²) in [5, 5.41) is 0.0625. The fourth-order valence-corrected chi connectivity index (χ4v) is 0.704. The summed E-state index contributed by atoms with van der Waals surface area (Å²) in [6, 6.07) is 0. The number of nitrogens with one attached hydrogen (secondary N) is 1. The second-order valence-electron chi connectivity index (χ2n) is 1.59. The molecule has 0 fully saturated rings. The van der Waals surface area contributed by atoms with Crippen LogP contribution in [0.3, 0.4) is 0 Å². The van der Waals surface area contributed by atoms with Gasteiger partial charge in [0.05, 0.1) is 5.41 Å². The van der Waals surface area contributed by atoms with Crippen molar-refractivity contribution in [3.63, 3.8) is 0 Å². The molecule has 1 N–H and O–H groups in total. The van der Waals surface area contributed by atoms with Crippen LogP contribution in [0.4, 0.5) is 13.2 Å². The van der Waals surface area contributed by atoms with Crippen molar-refractivity contribution in [2.75, 3.05) is 7.05 Å². The minimum atomic E-state index is -4.59. The molecular weight excluding hydrogens is 183 g/mol. The smallest absolute Gasteiger partial charge is 0.215 e. The maximum atomic E-state index is 11.3. The SMILES string of the molecule is CNS(=O)(=O)/C=C/C(F)(F)F. The van der Waals surface area contributed by atoms with Crippen LogP contribution in [0.15, 0.2) is 11.5 Å². The van der Waals surface area contributed by atoms with Crippen LogP contribution in [0.25, 0.3) is 0 Å². The van der Waals surface area contributed by atoms with Crippen LogP contribution in [0, 0.1) is 0 Å². The van der Waals surface area contributed by atoms with Gasteiger partial charge >= 0.3 is 6.18 Å². The fourth-order valence-electron chi connectivity index (χ4n) is 0.235. The Morgan fingerprint density at radius 1 is 1.36 bits per heavy atom. The van der Waals surface area contributed by atoms with Gasteiger partial charge < -0.3 is 0 Å². The van der Waals surface area contributed by atoms with Gasteiger partial charge in [-0.1, -0.05) is 0 Å². The lowest BCUT2D eigenvalue weighted by atomic mass is 10.6. The third kappa shape index (κ3) is 5.86. The van der Waals surface area contributed by atoms with E-state index in [0.29, 0.717) is 0 Å². The number of allylic oxidation sites excluding steroid dienone is 1. The van der Waals surface area contributed by atoms with Crippen molar-refractivity contribution in [3.8, 4) is 0 Å². The third-order valence-corrected chi connectivity index (χ3v) is 1.78. The molecule has 3 nitrogen and oxygen atoms in total. The first-order valence-electron chi connectivity index (χ1n) is 2.46. The maximum absolute atomic E-state index is 11.3. The summed E-state index contributed by atoms with van der Waals surface area (Å²) in [5.41, 5.74) is 0. The zero-order chi connectivity index (χ0) is 9.12. The van der Waals surface area contributed by atoms with Gasteiger partial charge in [-0.3, -0.25) is 0 Å². The molecule has 0 heterocycles. The number of alkyl halides is 3. The number of hydrogen-bond donors (Lipinski definition) is 1. The zero-order valence-electron chi connectivity index (χ0n) is 5.51. The van der Waals surface area contributed by atoms with Crippen molar-refractivity contribution in [3.05, 3.63) is 11.5 Å². The first-order chi connectivity index (χ1) is 4.77. The normalized spacial score (nSPS) is 14.2. The highest BCUT2D eigenvalue weighted by Gasteiger charge is 2.23. The van der Waals surface area contributed by atoms with Crippen molar-refractivity contribution in [2.45, 2.75) is 6.18 Å². The van der Waals surface area contributed by atoms with Crippen LogP contribution >= 0.6 is 0 Å². The minimum Gasteiger partial charge on any atom is -0.215 e. The van der Waals surface area contributed by atoms with Gasteiger partial charge in [0.1, 0.15) is 0 Å². The Kier molecular flexibility index (Phi) is 3.06. The molecule has 0 rings (SSSR count). The van der Waals surface area contributed by atoms with E-state index in [0.717, 1.165) is 7.05 Å². The monoisotopic (exact) mass is 189 g/mol. The zero-order valence-corrected chi connectivity index (χ0v) is 6.33. The van der Waals surface area contributed by atoms with Crippen molar-refractivity contribution in [1.82, 2.24) is 4.72 Å².